The van der Waals surface area contributed by atoms with Crippen LogP contribution in [-0.4, -0.2) is 18.2 Å². The van der Waals surface area contributed by atoms with Gasteiger partial charge in [0.2, 0.25) is 0 Å². The van der Waals surface area contributed by atoms with Gasteiger partial charge in [-0.2, -0.15) is 5.26 Å². The molecule has 0 atom stereocenters. The molecule has 0 aliphatic heterocycles. The van der Waals surface area contributed by atoms with Gasteiger partial charge in [0.1, 0.15) is 11.8 Å². The van der Waals surface area contributed by atoms with Crippen LogP contribution in [0, 0.1) is 11.3 Å². The van der Waals surface area contributed by atoms with Gasteiger partial charge in [-0.15, -0.1) is 0 Å². The van der Waals surface area contributed by atoms with E-state index in [4.69, 9.17) is 15.1 Å². The molecule has 0 spiro atoms. The zero-order valence-electron chi connectivity index (χ0n) is 7.95. The fourth-order valence-electron chi connectivity index (χ4n) is 1.24. The van der Waals surface area contributed by atoms with Crippen LogP contribution in [0.1, 0.15) is 11.1 Å². The van der Waals surface area contributed by atoms with Crippen LogP contribution in [0.2, 0.25) is 0 Å². The van der Waals surface area contributed by atoms with Crippen LogP contribution in [0.25, 0.3) is 0 Å². The molecule has 0 saturated carbocycles. The lowest BCUT2D eigenvalue weighted by Crippen LogP contribution is -2.05. The number of nitrogens with zero attached hydrogens (tertiary/aromatic N) is 1. The summed E-state index contributed by atoms with van der Waals surface area (Å²) < 4.78 is 5.58. The van der Waals surface area contributed by atoms with E-state index < -0.39 is 5.97 Å². The van der Waals surface area contributed by atoms with Crippen molar-refractivity contribution in [3.05, 3.63) is 27.7 Å². The van der Waals surface area contributed by atoms with Crippen LogP contribution in [0.5, 0.6) is 5.75 Å². The number of halogens is 1. The Morgan fingerprint density at radius 1 is 1.67 bits per heavy atom. The van der Waals surface area contributed by atoms with Gasteiger partial charge >= 0.3 is 5.97 Å². The van der Waals surface area contributed by atoms with Crippen molar-refractivity contribution in [2.24, 2.45) is 0 Å². The van der Waals surface area contributed by atoms with E-state index in [1.165, 1.54) is 7.11 Å². The van der Waals surface area contributed by atoms with Crippen molar-refractivity contribution >= 4 is 21.9 Å². The SMILES string of the molecule is COc1ccc(Br)c(C#N)c1CC(=O)O. The molecular formula is C10H8BrNO3. The van der Waals surface area contributed by atoms with Gasteiger partial charge in [0.15, 0.2) is 0 Å². The third-order valence-corrected chi connectivity index (χ3v) is 2.54. The van der Waals surface area contributed by atoms with Gasteiger partial charge < -0.3 is 9.84 Å². The van der Waals surface area contributed by atoms with Crippen molar-refractivity contribution in [3.63, 3.8) is 0 Å². The average molecular weight is 270 g/mol. The zero-order chi connectivity index (χ0) is 11.4. The number of ether oxygens (including phenoxy) is 1. The first-order valence-electron chi connectivity index (χ1n) is 4.07. The van der Waals surface area contributed by atoms with Crippen molar-refractivity contribution in [3.8, 4) is 11.8 Å². The van der Waals surface area contributed by atoms with Crippen molar-refractivity contribution in [2.45, 2.75) is 6.42 Å². The summed E-state index contributed by atoms with van der Waals surface area (Å²) in [6.07, 6.45) is -0.231. The van der Waals surface area contributed by atoms with Crippen LogP contribution in [0.3, 0.4) is 0 Å². The molecule has 0 aliphatic carbocycles. The monoisotopic (exact) mass is 269 g/mol. The van der Waals surface area contributed by atoms with E-state index in [0.29, 0.717) is 21.3 Å². The zero-order valence-corrected chi connectivity index (χ0v) is 9.54. The number of hydrogen-bond acceptors (Lipinski definition) is 3. The van der Waals surface area contributed by atoms with E-state index in [1.54, 1.807) is 12.1 Å². The highest BCUT2D eigenvalue weighted by molar-refractivity contribution is 9.10. The van der Waals surface area contributed by atoms with Crippen LogP contribution < -0.4 is 4.74 Å². The van der Waals surface area contributed by atoms with Gasteiger partial charge in [0.25, 0.3) is 0 Å². The molecule has 0 fully saturated rings. The molecule has 0 unspecified atom stereocenters. The van der Waals surface area contributed by atoms with Crippen LogP contribution in [-0.2, 0) is 11.2 Å². The number of aliphatic carboxylic acids is 1. The van der Waals surface area contributed by atoms with E-state index in [2.05, 4.69) is 15.9 Å². The molecule has 0 aliphatic rings. The molecule has 1 N–H and O–H groups in total. The summed E-state index contributed by atoms with van der Waals surface area (Å²) in [5, 5.41) is 17.6. The Kier molecular flexibility index (Phi) is 3.69. The van der Waals surface area contributed by atoms with E-state index in [9.17, 15) is 4.79 Å². The highest BCUT2D eigenvalue weighted by atomic mass is 79.9. The molecule has 0 amide bonds. The molecule has 0 bridgehead atoms. The van der Waals surface area contributed by atoms with Crippen molar-refractivity contribution in [2.75, 3.05) is 7.11 Å². The highest BCUT2D eigenvalue weighted by Gasteiger charge is 2.15. The summed E-state index contributed by atoms with van der Waals surface area (Å²) in [5.74, 6) is -0.583. The topological polar surface area (TPSA) is 70.3 Å². The Morgan fingerprint density at radius 3 is 2.80 bits per heavy atom. The average Bonchev–Trinajstić information content (AvgIpc) is 2.18. The molecule has 5 heteroatoms. The first-order valence-corrected chi connectivity index (χ1v) is 4.86. The lowest BCUT2D eigenvalue weighted by molar-refractivity contribution is -0.136. The van der Waals surface area contributed by atoms with Gasteiger partial charge in [-0.3, -0.25) is 4.79 Å². The fraction of sp³-hybridized carbons (Fsp3) is 0.200. The first kappa shape index (κ1) is 11.5. The number of hydrogen-bond donors (Lipinski definition) is 1. The summed E-state index contributed by atoms with van der Waals surface area (Å²) in [7, 11) is 1.44. The molecule has 1 aromatic rings. The van der Waals surface area contributed by atoms with Crippen LogP contribution in [0.15, 0.2) is 16.6 Å². The number of carbonyl (C=O) groups is 1. The standard InChI is InChI=1S/C10H8BrNO3/c1-15-9-3-2-8(11)7(5-12)6(9)4-10(13)14/h2-3H,4H2,1H3,(H,13,14). The maximum Gasteiger partial charge on any atom is 0.308 e. The minimum atomic E-state index is -0.997. The molecule has 0 heterocycles. The Bertz CT molecular complexity index is 437. The molecule has 0 aromatic heterocycles. The Morgan fingerprint density at radius 2 is 2.33 bits per heavy atom. The quantitative estimate of drug-likeness (QED) is 0.911. The molecule has 15 heavy (non-hydrogen) atoms. The second-order valence-corrected chi connectivity index (χ2v) is 3.64. The van der Waals surface area contributed by atoms with Gasteiger partial charge in [-0.25, -0.2) is 0 Å². The normalized spacial score (nSPS) is 9.40. The maximum absolute atomic E-state index is 10.6. The van der Waals surface area contributed by atoms with E-state index in [1.807, 2.05) is 6.07 Å². The van der Waals surface area contributed by atoms with Gasteiger partial charge in [-0.1, -0.05) is 0 Å². The number of rotatable bonds is 3. The molecule has 0 saturated heterocycles. The molecular weight excluding hydrogens is 262 g/mol. The second kappa shape index (κ2) is 4.80. The minimum absolute atomic E-state index is 0.231. The van der Waals surface area contributed by atoms with Crippen molar-refractivity contribution in [1.29, 1.82) is 5.26 Å². The maximum atomic E-state index is 10.6. The third kappa shape index (κ3) is 2.48. The summed E-state index contributed by atoms with van der Waals surface area (Å²) >= 11 is 3.19. The molecule has 78 valence electrons. The smallest absolute Gasteiger partial charge is 0.308 e. The second-order valence-electron chi connectivity index (χ2n) is 2.79. The molecule has 1 aromatic carbocycles. The lowest BCUT2D eigenvalue weighted by atomic mass is 10.0. The summed E-state index contributed by atoms with van der Waals surface area (Å²) in [5.41, 5.74) is 0.693. The number of nitriles is 1. The summed E-state index contributed by atoms with van der Waals surface area (Å²) in [6, 6.07) is 5.24. The van der Waals surface area contributed by atoms with Gasteiger partial charge in [0, 0.05) is 10.0 Å². The third-order valence-electron chi connectivity index (χ3n) is 1.88. The lowest BCUT2D eigenvalue weighted by Gasteiger charge is -2.09. The van der Waals surface area contributed by atoms with Crippen molar-refractivity contribution in [1.82, 2.24) is 0 Å². The first-order chi connectivity index (χ1) is 7.10. The Balaban J connectivity index is 3.35. The number of benzene rings is 1. The van der Waals surface area contributed by atoms with Gasteiger partial charge in [0.05, 0.1) is 19.1 Å². The number of carboxylic acid groups (broad SMARTS) is 1. The number of carboxylic acids is 1. The molecule has 1 rings (SSSR count). The van der Waals surface area contributed by atoms with E-state index in [0.717, 1.165) is 0 Å². The predicted molar refractivity (Wildman–Crippen MR) is 56.7 cm³/mol. The summed E-state index contributed by atoms with van der Waals surface area (Å²) in [4.78, 5) is 10.6. The van der Waals surface area contributed by atoms with Crippen LogP contribution >= 0.6 is 15.9 Å². The highest BCUT2D eigenvalue weighted by Crippen LogP contribution is 2.28. The Labute approximate surface area is 95.2 Å². The summed E-state index contributed by atoms with van der Waals surface area (Å²) in [6.45, 7) is 0. The van der Waals surface area contributed by atoms with Gasteiger partial charge in [-0.05, 0) is 28.1 Å². The largest absolute Gasteiger partial charge is 0.496 e. The Hall–Kier alpha value is -1.54. The minimum Gasteiger partial charge on any atom is -0.496 e. The van der Waals surface area contributed by atoms with Crippen LogP contribution in [0.4, 0.5) is 0 Å². The predicted octanol–water partition coefficient (Wildman–Crippen LogP) is 1.96. The van der Waals surface area contributed by atoms with E-state index >= 15 is 0 Å². The molecule has 0 radical (unpaired) electrons. The van der Waals surface area contributed by atoms with Crippen molar-refractivity contribution < 1.29 is 14.6 Å². The number of methoxy groups -OCH3 is 1. The fourth-order valence-corrected chi connectivity index (χ4v) is 1.70. The van der Waals surface area contributed by atoms with E-state index in [-0.39, 0.29) is 6.42 Å². The molecule has 4 nitrogen and oxygen atoms in total.